The Bertz CT molecular complexity index is 516. The first-order valence-electron chi connectivity index (χ1n) is 8.87. The maximum absolute atomic E-state index is 11.5. The van der Waals surface area contributed by atoms with Crippen molar-refractivity contribution in [2.24, 2.45) is 5.92 Å². The zero-order valence-electron chi connectivity index (χ0n) is 14.3. The van der Waals surface area contributed by atoms with Crippen molar-refractivity contribution in [3.05, 3.63) is 35.9 Å². The molecule has 2 rings (SSSR count). The van der Waals surface area contributed by atoms with Crippen LogP contribution < -0.4 is 4.74 Å². The van der Waals surface area contributed by atoms with E-state index in [0.717, 1.165) is 25.2 Å². The number of hydrogen-bond donors (Lipinski definition) is 0. The smallest absolute Gasteiger partial charge is 0.434 e. The Morgan fingerprint density at radius 3 is 2.57 bits per heavy atom. The van der Waals surface area contributed by atoms with Crippen LogP contribution in [0.5, 0.6) is 5.75 Å². The first-order valence-corrected chi connectivity index (χ1v) is 8.87. The lowest BCUT2D eigenvalue weighted by Crippen LogP contribution is -2.11. The number of carbonyl (C=O) groups is 1. The number of carbonyl (C=O) groups excluding carboxylic acids is 1. The first-order chi connectivity index (χ1) is 11.2. The second-order valence-electron chi connectivity index (χ2n) is 6.24. The zero-order chi connectivity index (χ0) is 16.5. The Hall–Kier alpha value is -1.77. The van der Waals surface area contributed by atoms with Crippen molar-refractivity contribution in [3.8, 4) is 5.75 Å². The second-order valence-corrected chi connectivity index (χ2v) is 6.24. The summed E-state index contributed by atoms with van der Waals surface area (Å²) in [5.41, 5.74) is 2.64. The van der Waals surface area contributed by atoms with Gasteiger partial charge in [0, 0.05) is 0 Å². The molecule has 0 spiro atoms. The zero-order valence-corrected chi connectivity index (χ0v) is 14.3. The van der Waals surface area contributed by atoms with E-state index in [1.54, 1.807) is 0 Å². The Balaban J connectivity index is 1.86. The number of benzene rings is 1. The van der Waals surface area contributed by atoms with Crippen LogP contribution in [0.1, 0.15) is 64.4 Å². The molecule has 0 heterocycles. The molecule has 3 nitrogen and oxygen atoms in total. The molecular formula is C20H28O3. The molecule has 126 valence electrons. The standard InChI is InChI=1S/C20H28O3/c1-3-5-15-22-20(21)23-19-13-11-18(12-14-19)17-9-7-16(6-4-2)8-10-17/h9,11-14,16H,3-8,10,15H2,1-2H3. The molecule has 1 atom stereocenters. The van der Waals surface area contributed by atoms with Crippen LogP contribution in [0.4, 0.5) is 4.79 Å². The van der Waals surface area contributed by atoms with E-state index in [1.807, 2.05) is 24.3 Å². The maximum atomic E-state index is 11.5. The van der Waals surface area contributed by atoms with E-state index in [2.05, 4.69) is 19.9 Å². The van der Waals surface area contributed by atoms with Crippen molar-refractivity contribution in [3.63, 3.8) is 0 Å². The minimum atomic E-state index is -0.620. The molecule has 1 aromatic rings. The summed E-state index contributed by atoms with van der Waals surface area (Å²) in [4.78, 5) is 11.5. The molecule has 0 fully saturated rings. The van der Waals surface area contributed by atoms with Crippen molar-refractivity contribution < 1.29 is 14.3 Å². The molecule has 1 aliphatic rings. The largest absolute Gasteiger partial charge is 0.513 e. The minimum Gasteiger partial charge on any atom is -0.434 e. The molecule has 3 heteroatoms. The summed E-state index contributed by atoms with van der Waals surface area (Å²) >= 11 is 0. The molecule has 1 aliphatic carbocycles. The molecule has 1 unspecified atom stereocenters. The van der Waals surface area contributed by atoms with Gasteiger partial charge in [-0.2, -0.15) is 0 Å². The fourth-order valence-electron chi connectivity index (χ4n) is 2.98. The van der Waals surface area contributed by atoms with Gasteiger partial charge in [0.05, 0.1) is 6.61 Å². The highest BCUT2D eigenvalue weighted by Gasteiger charge is 2.15. The molecule has 0 bridgehead atoms. The number of allylic oxidation sites excluding steroid dienone is 2. The third-order valence-electron chi connectivity index (χ3n) is 4.36. The van der Waals surface area contributed by atoms with Gasteiger partial charge in [-0.25, -0.2) is 4.79 Å². The average molecular weight is 316 g/mol. The van der Waals surface area contributed by atoms with E-state index < -0.39 is 6.16 Å². The van der Waals surface area contributed by atoms with Gasteiger partial charge >= 0.3 is 6.16 Å². The van der Waals surface area contributed by atoms with Gasteiger partial charge < -0.3 is 9.47 Å². The van der Waals surface area contributed by atoms with Crippen molar-refractivity contribution >= 4 is 11.7 Å². The molecule has 0 radical (unpaired) electrons. The SMILES string of the molecule is CCCCOC(=O)Oc1ccc(C2=CCC(CCC)CC2)cc1. The van der Waals surface area contributed by atoms with E-state index in [-0.39, 0.29) is 0 Å². The normalized spacial score (nSPS) is 17.5. The van der Waals surface area contributed by atoms with Gasteiger partial charge in [-0.05, 0) is 54.9 Å². The van der Waals surface area contributed by atoms with Crippen LogP contribution >= 0.6 is 0 Å². The van der Waals surface area contributed by atoms with Crippen LogP contribution in [-0.2, 0) is 4.74 Å². The number of unbranched alkanes of at least 4 members (excludes halogenated alkanes) is 1. The van der Waals surface area contributed by atoms with Gasteiger partial charge in [-0.3, -0.25) is 0 Å². The van der Waals surface area contributed by atoms with Gasteiger partial charge in [-0.1, -0.05) is 51.3 Å². The van der Waals surface area contributed by atoms with Gasteiger partial charge in [-0.15, -0.1) is 0 Å². The summed E-state index contributed by atoms with van der Waals surface area (Å²) in [6.07, 6.45) is 9.82. The van der Waals surface area contributed by atoms with Crippen molar-refractivity contribution in [2.45, 2.75) is 58.8 Å². The third kappa shape index (κ3) is 5.74. The molecule has 0 amide bonds. The highest BCUT2D eigenvalue weighted by molar-refractivity contribution is 5.68. The Labute approximate surface area is 139 Å². The predicted octanol–water partition coefficient (Wildman–Crippen LogP) is 5.99. The highest BCUT2D eigenvalue weighted by atomic mass is 16.7. The Kier molecular flexibility index (Phi) is 7.18. The molecule has 1 aromatic carbocycles. The van der Waals surface area contributed by atoms with Crippen LogP contribution in [0.15, 0.2) is 30.3 Å². The Morgan fingerprint density at radius 1 is 1.17 bits per heavy atom. The Morgan fingerprint density at radius 2 is 1.96 bits per heavy atom. The van der Waals surface area contributed by atoms with Crippen LogP contribution in [0.3, 0.4) is 0 Å². The number of hydrogen-bond acceptors (Lipinski definition) is 3. The number of ether oxygens (including phenoxy) is 2. The van der Waals surface area contributed by atoms with Crippen LogP contribution in [0, 0.1) is 5.92 Å². The summed E-state index contributed by atoms with van der Waals surface area (Å²) in [7, 11) is 0. The van der Waals surface area contributed by atoms with Crippen molar-refractivity contribution in [1.82, 2.24) is 0 Å². The lowest BCUT2D eigenvalue weighted by Gasteiger charge is -2.21. The summed E-state index contributed by atoms with van der Waals surface area (Å²) < 4.78 is 10.2. The average Bonchev–Trinajstić information content (AvgIpc) is 2.57. The van der Waals surface area contributed by atoms with Gasteiger partial charge in [0.2, 0.25) is 0 Å². The quantitative estimate of drug-likeness (QED) is 0.352. The van der Waals surface area contributed by atoms with E-state index >= 15 is 0 Å². The number of rotatable bonds is 7. The van der Waals surface area contributed by atoms with Gasteiger partial charge in [0.25, 0.3) is 0 Å². The molecule has 0 aliphatic heterocycles. The predicted molar refractivity (Wildman–Crippen MR) is 93.6 cm³/mol. The van der Waals surface area contributed by atoms with Crippen molar-refractivity contribution in [2.75, 3.05) is 6.61 Å². The molecule has 0 aromatic heterocycles. The minimum absolute atomic E-state index is 0.416. The maximum Gasteiger partial charge on any atom is 0.513 e. The highest BCUT2D eigenvalue weighted by Crippen LogP contribution is 2.32. The molecule has 0 saturated heterocycles. The fourth-order valence-corrected chi connectivity index (χ4v) is 2.98. The monoisotopic (exact) mass is 316 g/mol. The van der Waals surface area contributed by atoms with E-state index in [1.165, 1.54) is 36.8 Å². The summed E-state index contributed by atoms with van der Waals surface area (Å²) in [5.74, 6) is 1.39. The van der Waals surface area contributed by atoms with Crippen LogP contribution in [0.2, 0.25) is 0 Å². The van der Waals surface area contributed by atoms with Gasteiger partial charge in [0.15, 0.2) is 0 Å². The van der Waals surface area contributed by atoms with Gasteiger partial charge in [0.1, 0.15) is 5.75 Å². The molecule has 23 heavy (non-hydrogen) atoms. The van der Waals surface area contributed by atoms with E-state index in [0.29, 0.717) is 12.4 Å². The van der Waals surface area contributed by atoms with E-state index in [9.17, 15) is 4.79 Å². The lowest BCUT2D eigenvalue weighted by molar-refractivity contribution is 0.0978. The summed E-state index contributed by atoms with van der Waals surface area (Å²) in [6.45, 7) is 4.72. The first kappa shape index (κ1) is 17.6. The second kappa shape index (κ2) is 9.39. The third-order valence-corrected chi connectivity index (χ3v) is 4.36. The fraction of sp³-hybridized carbons (Fsp3) is 0.550. The van der Waals surface area contributed by atoms with E-state index in [4.69, 9.17) is 9.47 Å². The molecule has 0 N–H and O–H groups in total. The molecular weight excluding hydrogens is 288 g/mol. The van der Waals surface area contributed by atoms with Crippen LogP contribution in [0.25, 0.3) is 5.57 Å². The van der Waals surface area contributed by atoms with Crippen molar-refractivity contribution in [1.29, 1.82) is 0 Å². The van der Waals surface area contributed by atoms with Crippen LogP contribution in [-0.4, -0.2) is 12.8 Å². The lowest BCUT2D eigenvalue weighted by atomic mass is 9.84. The summed E-state index contributed by atoms with van der Waals surface area (Å²) in [6, 6.07) is 7.74. The summed E-state index contributed by atoms with van der Waals surface area (Å²) in [5, 5.41) is 0. The molecule has 0 saturated carbocycles. The topological polar surface area (TPSA) is 35.5 Å².